The second-order valence-electron chi connectivity index (χ2n) is 2.60. The summed E-state index contributed by atoms with van der Waals surface area (Å²) in [6, 6.07) is 8.87. The molecule has 0 unspecified atom stereocenters. The van der Waals surface area contributed by atoms with Crippen molar-refractivity contribution in [2.45, 2.75) is 6.92 Å². The molecule has 0 radical (unpaired) electrons. The van der Waals surface area contributed by atoms with E-state index in [1.54, 1.807) is 31.2 Å². The second-order valence-corrected chi connectivity index (χ2v) is 2.60. The minimum Gasteiger partial charge on any atom is -0.449 e. The molecule has 14 heavy (non-hydrogen) atoms. The third-order valence-corrected chi connectivity index (χ3v) is 1.70. The Labute approximate surface area is 82.7 Å². The number of hydrogen-bond donors (Lipinski definition) is 1. The molecule has 0 aliphatic rings. The predicted molar refractivity (Wildman–Crippen MR) is 53.0 cm³/mol. The molecule has 0 aromatic heterocycles. The summed E-state index contributed by atoms with van der Waals surface area (Å²) in [4.78, 5) is 12.5. The Morgan fingerprint density at radius 3 is 2.57 bits per heavy atom. The topological polar surface area (TPSA) is 49.8 Å². The summed E-state index contributed by atoms with van der Waals surface area (Å²) < 4.78 is 4.78. The van der Waals surface area contributed by atoms with Gasteiger partial charge in [-0.05, 0) is 19.1 Å². The van der Waals surface area contributed by atoms with Crippen LogP contribution in [0, 0.1) is 0 Å². The van der Waals surface area contributed by atoms with Crippen molar-refractivity contribution in [3.8, 4) is 0 Å². The highest BCUT2D eigenvalue weighted by Crippen LogP contribution is 2.13. The summed E-state index contributed by atoms with van der Waals surface area (Å²) >= 11 is 0. The van der Waals surface area contributed by atoms with E-state index in [0.717, 1.165) is 4.90 Å². The van der Waals surface area contributed by atoms with E-state index in [9.17, 15) is 4.79 Å². The summed E-state index contributed by atoms with van der Waals surface area (Å²) in [6.07, 6.45) is -0.541. The van der Waals surface area contributed by atoms with E-state index in [0.29, 0.717) is 12.3 Å². The summed E-state index contributed by atoms with van der Waals surface area (Å²) in [7, 11) is 0. The number of para-hydroxylation sites is 1. The molecule has 0 saturated heterocycles. The lowest BCUT2D eigenvalue weighted by molar-refractivity contribution is 0.151. The van der Waals surface area contributed by atoms with Gasteiger partial charge in [0.15, 0.2) is 0 Å². The van der Waals surface area contributed by atoms with Crippen molar-refractivity contribution in [3.05, 3.63) is 30.3 Å². The van der Waals surface area contributed by atoms with E-state index < -0.39 is 6.09 Å². The van der Waals surface area contributed by atoms with Crippen LogP contribution in [0.3, 0.4) is 0 Å². The van der Waals surface area contributed by atoms with Crippen molar-refractivity contribution in [1.29, 1.82) is 0 Å². The fraction of sp³-hybridized carbons (Fsp3) is 0.300. The van der Waals surface area contributed by atoms with E-state index in [4.69, 9.17) is 9.84 Å². The van der Waals surface area contributed by atoms with Crippen LogP contribution >= 0.6 is 0 Å². The van der Waals surface area contributed by atoms with E-state index in [1.807, 2.05) is 6.07 Å². The largest absolute Gasteiger partial charge is 0.449 e. The molecule has 0 saturated carbocycles. The number of anilines is 1. The number of aliphatic hydroxyl groups is 1. The van der Waals surface area contributed by atoms with Gasteiger partial charge in [-0.3, -0.25) is 4.90 Å². The Morgan fingerprint density at radius 2 is 2.07 bits per heavy atom. The van der Waals surface area contributed by atoms with E-state index in [-0.39, 0.29) is 6.73 Å². The van der Waals surface area contributed by atoms with Gasteiger partial charge in [-0.15, -0.1) is 0 Å². The maximum absolute atomic E-state index is 11.3. The molecule has 1 rings (SSSR count). The minimum atomic E-state index is -0.541. The number of hydrogen-bond acceptors (Lipinski definition) is 3. The van der Waals surface area contributed by atoms with Crippen LogP contribution in [0.15, 0.2) is 30.3 Å². The summed E-state index contributed by atoms with van der Waals surface area (Å²) in [5, 5.41) is 9.00. The number of ether oxygens (including phenoxy) is 1. The van der Waals surface area contributed by atoms with Crippen molar-refractivity contribution < 1.29 is 14.6 Å². The average Bonchev–Trinajstić information content (AvgIpc) is 2.21. The van der Waals surface area contributed by atoms with Gasteiger partial charge in [-0.1, -0.05) is 18.2 Å². The molecule has 0 spiro atoms. The van der Waals surface area contributed by atoms with Crippen LogP contribution in [0.2, 0.25) is 0 Å². The van der Waals surface area contributed by atoms with Crippen LogP contribution in [0.5, 0.6) is 0 Å². The Hall–Kier alpha value is -1.55. The normalized spacial score (nSPS) is 9.57. The molecule has 1 aromatic rings. The van der Waals surface area contributed by atoms with Gasteiger partial charge in [0.1, 0.15) is 6.73 Å². The summed E-state index contributed by atoms with van der Waals surface area (Å²) in [6.45, 7) is 1.63. The van der Waals surface area contributed by atoms with Crippen LogP contribution in [-0.4, -0.2) is 24.5 Å². The van der Waals surface area contributed by atoms with Gasteiger partial charge in [0.2, 0.25) is 0 Å². The number of benzene rings is 1. The van der Waals surface area contributed by atoms with Gasteiger partial charge < -0.3 is 9.84 Å². The van der Waals surface area contributed by atoms with E-state index >= 15 is 0 Å². The molecule has 0 bridgehead atoms. The van der Waals surface area contributed by atoms with E-state index in [2.05, 4.69) is 0 Å². The maximum atomic E-state index is 11.3. The van der Waals surface area contributed by atoms with Crippen LogP contribution < -0.4 is 4.90 Å². The van der Waals surface area contributed by atoms with Gasteiger partial charge in [0, 0.05) is 5.69 Å². The number of rotatable bonds is 3. The minimum absolute atomic E-state index is 0.294. The zero-order valence-corrected chi connectivity index (χ0v) is 8.01. The van der Waals surface area contributed by atoms with Crippen LogP contribution in [0.4, 0.5) is 10.5 Å². The SMILES string of the molecule is CCOC(=O)N(CO)c1ccccc1. The quantitative estimate of drug-likeness (QED) is 0.745. The van der Waals surface area contributed by atoms with Gasteiger partial charge >= 0.3 is 6.09 Å². The van der Waals surface area contributed by atoms with Crippen molar-refractivity contribution in [2.75, 3.05) is 18.2 Å². The Bertz CT molecular complexity index is 287. The second kappa shape index (κ2) is 5.24. The van der Waals surface area contributed by atoms with Crippen molar-refractivity contribution in [3.63, 3.8) is 0 Å². The molecular weight excluding hydrogens is 182 g/mol. The highest BCUT2D eigenvalue weighted by Gasteiger charge is 2.14. The Balaban J connectivity index is 2.77. The monoisotopic (exact) mass is 195 g/mol. The number of nitrogens with zero attached hydrogens (tertiary/aromatic N) is 1. The Morgan fingerprint density at radius 1 is 1.43 bits per heavy atom. The molecule has 1 N–H and O–H groups in total. The molecule has 0 aliphatic heterocycles. The predicted octanol–water partition coefficient (Wildman–Crippen LogP) is 1.60. The average molecular weight is 195 g/mol. The first-order valence-corrected chi connectivity index (χ1v) is 4.39. The van der Waals surface area contributed by atoms with E-state index in [1.165, 1.54) is 0 Å². The summed E-state index contributed by atoms with van der Waals surface area (Å²) in [5.74, 6) is 0. The van der Waals surface area contributed by atoms with Crippen LogP contribution in [0.1, 0.15) is 6.92 Å². The Kier molecular flexibility index (Phi) is 3.94. The molecule has 0 aliphatic carbocycles. The third kappa shape index (κ3) is 2.47. The maximum Gasteiger partial charge on any atom is 0.416 e. The molecule has 1 amide bonds. The van der Waals surface area contributed by atoms with Gasteiger partial charge in [0.05, 0.1) is 6.61 Å². The molecule has 4 nitrogen and oxygen atoms in total. The zero-order valence-electron chi connectivity index (χ0n) is 8.01. The molecule has 4 heteroatoms. The molecule has 0 heterocycles. The number of carbonyl (C=O) groups is 1. The molecular formula is C10H13NO3. The lowest BCUT2D eigenvalue weighted by Crippen LogP contribution is -2.32. The third-order valence-electron chi connectivity index (χ3n) is 1.70. The van der Waals surface area contributed by atoms with Crippen molar-refractivity contribution in [1.82, 2.24) is 0 Å². The van der Waals surface area contributed by atoms with Crippen LogP contribution in [-0.2, 0) is 4.74 Å². The molecule has 0 atom stereocenters. The number of carbonyl (C=O) groups excluding carboxylic acids is 1. The van der Waals surface area contributed by atoms with Crippen molar-refractivity contribution in [2.24, 2.45) is 0 Å². The fourth-order valence-electron chi connectivity index (χ4n) is 1.05. The zero-order chi connectivity index (χ0) is 10.4. The first-order chi connectivity index (χ1) is 6.79. The van der Waals surface area contributed by atoms with Gasteiger partial charge in [0.25, 0.3) is 0 Å². The van der Waals surface area contributed by atoms with Gasteiger partial charge in [-0.25, -0.2) is 4.79 Å². The highest BCUT2D eigenvalue weighted by atomic mass is 16.6. The molecule has 1 aromatic carbocycles. The summed E-state index contributed by atoms with van der Waals surface area (Å²) in [5.41, 5.74) is 0.619. The fourth-order valence-corrected chi connectivity index (χ4v) is 1.05. The van der Waals surface area contributed by atoms with Crippen molar-refractivity contribution >= 4 is 11.8 Å². The smallest absolute Gasteiger partial charge is 0.416 e. The standard InChI is InChI=1S/C10H13NO3/c1-2-14-10(13)11(8-12)9-6-4-3-5-7-9/h3-7,12H,2,8H2,1H3. The first kappa shape index (κ1) is 10.5. The first-order valence-electron chi connectivity index (χ1n) is 4.39. The van der Waals surface area contributed by atoms with Crippen LogP contribution in [0.25, 0.3) is 0 Å². The highest BCUT2D eigenvalue weighted by molar-refractivity contribution is 5.87. The molecule has 76 valence electrons. The lowest BCUT2D eigenvalue weighted by Gasteiger charge is -2.18. The molecule has 0 fully saturated rings. The lowest BCUT2D eigenvalue weighted by atomic mass is 10.3. The number of amides is 1. The number of aliphatic hydroxyl groups excluding tert-OH is 1. The van der Waals surface area contributed by atoms with Gasteiger partial charge in [-0.2, -0.15) is 0 Å².